The van der Waals surface area contributed by atoms with E-state index in [2.05, 4.69) is 10.1 Å². The van der Waals surface area contributed by atoms with Crippen molar-refractivity contribution in [3.8, 4) is 11.5 Å². The summed E-state index contributed by atoms with van der Waals surface area (Å²) < 4.78 is 33.3. The van der Waals surface area contributed by atoms with Gasteiger partial charge >= 0.3 is 12.2 Å². The Morgan fingerprint density at radius 1 is 1.30 bits per heavy atom. The fourth-order valence-corrected chi connectivity index (χ4v) is 5.32. The second-order valence-corrected chi connectivity index (χ2v) is 10.9. The number of phenolic OH excluding ortho intramolecular Hbond substituents is 1. The van der Waals surface area contributed by atoms with Gasteiger partial charge in [-0.3, -0.25) is 4.79 Å². The number of alkyl carbamates (subject to hydrolysis) is 1. The van der Waals surface area contributed by atoms with Gasteiger partial charge in [-0.05, 0) is 46.1 Å². The number of aromatic hydroxyl groups is 1. The van der Waals surface area contributed by atoms with Crippen molar-refractivity contribution in [1.82, 2.24) is 9.88 Å². The Hall–Kier alpha value is -3.54. The number of hydrogen-bond donors (Lipinski definition) is 3. The molecule has 3 heterocycles. The van der Waals surface area contributed by atoms with E-state index < -0.39 is 46.2 Å². The number of rotatable bonds is 5. The fraction of sp³-hybridized carbons (Fsp3) is 0.560. The van der Waals surface area contributed by atoms with E-state index in [1.807, 2.05) is 0 Å². The van der Waals surface area contributed by atoms with E-state index >= 15 is 4.39 Å². The van der Waals surface area contributed by atoms with Gasteiger partial charge < -0.3 is 39.2 Å². The summed E-state index contributed by atoms with van der Waals surface area (Å²) in [6.45, 7) is 6.66. The highest BCUT2D eigenvalue weighted by atomic mass is 19.1. The second-order valence-electron chi connectivity index (χ2n) is 10.9. The molecule has 3 N–H and O–H groups in total. The molecular formula is C25H30FN3O8. The van der Waals surface area contributed by atoms with Crippen LogP contribution < -0.4 is 20.4 Å². The molecule has 2 aromatic rings. The predicted molar refractivity (Wildman–Crippen MR) is 130 cm³/mol. The van der Waals surface area contributed by atoms with Crippen LogP contribution >= 0.6 is 0 Å². The summed E-state index contributed by atoms with van der Waals surface area (Å²) in [5.74, 6) is -2.35. The molecule has 37 heavy (non-hydrogen) atoms. The van der Waals surface area contributed by atoms with Crippen molar-refractivity contribution in [1.29, 1.82) is 0 Å². The molecule has 2 aliphatic heterocycles. The number of nitrogens with one attached hydrogen (secondary N) is 1. The van der Waals surface area contributed by atoms with Gasteiger partial charge in [-0.2, -0.15) is 0 Å². The number of fused-ring (bicyclic) bond motifs is 2. The maximum absolute atomic E-state index is 15.6. The minimum absolute atomic E-state index is 0.00311. The lowest BCUT2D eigenvalue weighted by molar-refractivity contribution is -0.000271. The maximum atomic E-state index is 15.6. The lowest BCUT2D eigenvalue weighted by Crippen LogP contribution is -2.49. The van der Waals surface area contributed by atoms with Crippen molar-refractivity contribution < 1.29 is 38.4 Å². The molecule has 0 bridgehead atoms. The average molecular weight is 520 g/mol. The van der Waals surface area contributed by atoms with E-state index in [9.17, 15) is 19.5 Å². The SMILES string of the molecule is CC(C)(C)OC(=O)NCC12CN(c3cc4c(c(O)c3F)c(=O)c(OC(=O)O)cn4C3CC3)CC1CCO2. The van der Waals surface area contributed by atoms with E-state index in [4.69, 9.17) is 14.6 Å². The van der Waals surface area contributed by atoms with Crippen LogP contribution in [0.5, 0.6) is 11.5 Å². The monoisotopic (exact) mass is 519 g/mol. The molecule has 5 rings (SSSR count). The Morgan fingerprint density at radius 3 is 2.68 bits per heavy atom. The summed E-state index contributed by atoms with van der Waals surface area (Å²) in [6, 6.07) is 1.48. The van der Waals surface area contributed by atoms with Crippen LogP contribution in [-0.2, 0) is 9.47 Å². The first-order valence-corrected chi connectivity index (χ1v) is 12.3. The Balaban J connectivity index is 1.49. The summed E-state index contributed by atoms with van der Waals surface area (Å²) in [7, 11) is 0. The largest absolute Gasteiger partial charge is 0.511 e. The predicted octanol–water partition coefficient (Wildman–Crippen LogP) is 3.36. The highest BCUT2D eigenvalue weighted by molar-refractivity contribution is 5.91. The average Bonchev–Trinajstić information content (AvgIpc) is 3.46. The molecule has 11 nitrogen and oxygen atoms in total. The van der Waals surface area contributed by atoms with Gasteiger partial charge in [-0.25, -0.2) is 14.0 Å². The van der Waals surface area contributed by atoms with Crippen LogP contribution in [0.1, 0.15) is 46.1 Å². The first-order chi connectivity index (χ1) is 17.4. The number of benzene rings is 1. The van der Waals surface area contributed by atoms with Crippen molar-refractivity contribution in [2.75, 3.05) is 31.1 Å². The highest BCUT2D eigenvalue weighted by Gasteiger charge is 2.52. The summed E-state index contributed by atoms with van der Waals surface area (Å²) >= 11 is 0. The molecule has 1 aliphatic carbocycles. The van der Waals surface area contributed by atoms with Crippen molar-refractivity contribution in [2.45, 2.75) is 57.3 Å². The number of carbonyl (C=O) groups excluding carboxylic acids is 1. The normalized spacial score (nSPS) is 23.2. The quantitative estimate of drug-likeness (QED) is 0.507. The number of hydrogen-bond acceptors (Lipinski definition) is 8. The van der Waals surface area contributed by atoms with Gasteiger partial charge in [0, 0.05) is 31.7 Å². The topological polar surface area (TPSA) is 140 Å². The van der Waals surface area contributed by atoms with Gasteiger partial charge in [0.2, 0.25) is 5.43 Å². The number of ether oxygens (including phenoxy) is 3. The number of carbonyl (C=O) groups is 2. The van der Waals surface area contributed by atoms with E-state index in [0.29, 0.717) is 13.2 Å². The van der Waals surface area contributed by atoms with Crippen LogP contribution in [-0.4, -0.2) is 64.5 Å². The number of carboxylic acid groups (broad SMARTS) is 1. The number of aromatic nitrogens is 1. The minimum atomic E-state index is -1.68. The van der Waals surface area contributed by atoms with Crippen LogP contribution in [0.4, 0.5) is 19.7 Å². The zero-order chi connectivity index (χ0) is 26.7. The molecule has 3 fully saturated rings. The first-order valence-electron chi connectivity index (χ1n) is 12.3. The van der Waals surface area contributed by atoms with Crippen LogP contribution in [0, 0.1) is 11.7 Å². The molecule has 0 radical (unpaired) electrons. The van der Waals surface area contributed by atoms with Gasteiger partial charge in [0.15, 0.2) is 17.3 Å². The van der Waals surface area contributed by atoms with Gasteiger partial charge in [0.05, 0.1) is 29.3 Å². The lowest BCUT2D eigenvalue weighted by atomic mass is 9.91. The molecule has 2 saturated heterocycles. The fourth-order valence-electron chi connectivity index (χ4n) is 5.32. The first kappa shape index (κ1) is 25.1. The smallest absolute Gasteiger partial charge is 0.504 e. The van der Waals surface area contributed by atoms with Crippen molar-refractivity contribution in [2.24, 2.45) is 5.92 Å². The molecule has 1 aromatic carbocycles. The minimum Gasteiger partial charge on any atom is -0.504 e. The molecular weight excluding hydrogens is 489 g/mol. The molecule has 2 atom stereocenters. The summed E-state index contributed by atoms with van der Waals surface area (Å²) in [6.07, 6.45) is 1.34. The zero-order valence-corrected chi connectivity index (χ0v) is 20.9. The Bertz CT molecular complexity index is 1330. The van der Waals surface area contributed by atoms with Crippen LogP contribution in [0.3, 0.4) is 0 Å². The Labute approximate surface area is 211 Å². The van der Waals surface area contributed by atoms with Gasteiger partial charge in [-0.1, -0.05) is 0 Å². The van der Waals surface area contributed by atoms with Crippen molar-refractivity contribution >= 4 is 28.8 Å². The standard InChI is InChI=1S/C25H30FN3O8/c1-24(2,3)37-22(32)27-11-25-12-28(9-13(25)6-7-35-25)16-8-15-18(21(31)19(16)26)20(30)17(36-23(33)34)10-29(15)14-4-5-14/h8,10,13-14,31H,4-7,9,11-12H2,1-3H3,(H,27,32)(H,33,34). The molecule has 1 saturated carbocycles. The number of phenols is 1. The number of nitrogens with zero attached hydrogens (tertiary/aromatic N) is 2. The van der Waals surface area contributed by atoms with Crippen molar-refractivity contribution in [3.05, 3.63) is 28.3 Å². The van der Waals surface area contributed by atoms with Gasteiger partial charge in [0.1, 0.15) is 11.2 Å². The van der Waals surface area contributed by atoms with Crippen LogP contribution in [0.25, 0.3) is 10.9 Å². The van der Waals surface area contributed by atoms with E-state index in [0.717, 1.165) is 19.3 Å². The number of anilines is 1. The maximum Gasteiger partial charge on any atom is 0.511 e. The molecule has 0 spiro atoms. The third-order valence-electron chi connectivity index (χ3n) is 7.09. The van der Waals surface area contributed by atoms with Crippen molar-refractivity contribution in [3.63, 3.8) is 0 Å². The van der Waals surface area contributed by atoms with Crippen LogP contribution in [0.15, 0.2) is 17.1 Å². The van der Waals surface area contributed by atoms with E-state index in [1.165, 1.54) is 12.3 Å². The summed E-state index contributed by atoms with van der Waals surface area (Å²) in [5.41, 5.74) is -1.93. The Kier molecular flexibility index (Phi) is 5.97. The molecule has 12 heteroatoms. The summed E-state index contributed by atoms with van der Waals surface area (Å²) in [4.78, 5) is 38.0. The number of pyridine rings is 1. The molecule has 200 valence electrons. The van der Waals surface area contributed by atoms with E-state index in [-0.39, 0.29) is 41.6 Å². The van der Waals surface area contributed by atoms with Gasteiger partial charge in [-0.15, -0.1) is 0 Å². The van der Waals surface area contributed by atoms with Gasteiger partial charge in [0.25, 0.3) is 0 Å². The third-order valence-corrected chi connectivity index (χ3v) is 7.09. The number of halogens is 1. The van der Waals surface area contributed by atoms with E-state index in [1.54, 1.807) is 30.2 Å². The molecule has 2 unspecified atom stereocenters. The third kappa shape index (κ3) is 4.65. The molecule has 1 amide bonds. The Morgan fingerprint density at radius 2 is 2.03 bits per heavy atom. The molecule has 1 aromatic heterocycles. The number of amides is 1. The summed E-state index contributed by atoms with van der Waals surface area (Å²) in [5, 5.41) is 22.2. The highest BCUT2D eigenvalue weighted by Crippen LogP contribution is 2.45. The van der Waals surface area contributed by atoms with Crippen LogP contribution in [0.2, 0.25) is 0 Å². The molecule has 3 aliphatic rings. The lowest BCUT2D eigenvalue weighted by Gasteiger charge is -2.30. The zero-order valence-electron chi connectivity index (χ0n) is 20.9. The second kappa shape index (κ2) is 8.79.